The van der Waals surface area contributed by atoms with E-state index in [-0.39, 0.29) is 6.10 Å². The topological polar surface area (TPSA) is 37.6 Å². The van der Waals surface area contributed by atoms with Crippen LogP contribution in [0, 0.1) is 0 Å². The van der Waals surface area contributed by atoms with Gasteiger partial charge in [0.1, 0.15) is 11.5 Å². The van der Waals surface area contributed by atoms with Gasteiger partial charge in [0.2, 0.25) is 0 Å². The summed E-state index contributed by atoms with van der Waals surface area (Å²) in [6, 6.07) is 12.6. The van der Waals surface area contributed by atoms with E-state index in [9.17, 15) is 0 Å². The van der Waals surface area contributed by atoms with Gasteiger partial charge in [-0.3, -0.25) is 4.90 Å². The minimum absolute atomic E-state index is 0.187. The van der Waals surface area contributed by atoms with E-state index in [1.165, 1.54) is 18.4 Å². The molecule has 0 bridgehead atoms. The van der Waals surface area contributed by atoms with Crippen molar-refractivity contribution in [2.75, 3.05) is 19.6 Å². The summed E-state index contributed by atoms with van der Waals surface area (Å²) < 4.78 is 11.6. The Bertz CT molecular complexity index is 604. The van der Waals surface area contributed by atoms with E-state index in [0.717, 1.165) is 37.7 Å². The molecule has 1 aromatic carbocycles. The summed E-state index contributed by atoms with van der Waals surface area (Å²) in [5.41, 5.74) is 1.20. The second-order valence-electron chi connectivity index (χ2n) is 6.68. The molecule has 1 aliphatic heterocycles. The first-order valence-corrected chi connectivity index (χ1v) is 8.97. The molecule has 24 heavy (non-hydrogen) atoms. The number of nitrogens with zero attached hydrogens (tertiary/aromatic N) is 1. The van der Waals surface area contributed by atoms with Crippen LogP contribution in [-0.2, 0) is 6.54 Å². The molecule has 1 atom stereocenters. The van der Waals surface area contributed by atoms with E-state index in [2.05, 4.69) is 42.3 Å². The molecule has 1 aromatic heterocycles. The fraction of sp³-hybridized carbons (Fsp3) is 0.500. The molecular weight excluding hydrogens is 300 g/mol. The van der Waals surface area contributed by atoms with Crippen molar-refractivity contribution in [2.24, 2.45) is 0 Å². The lowest BCUT2D eigenvalue weighted by molar-refractivity contribution is 0.208. The van der Waals surface area contributed by atoms with Crippen LogP contribution in [-0.4, -0.2) is 30.6 Å². The number of hydrogen-bond acceptors (Lipinski definition) is 4. The standard InChI is InChI=1S/C20H28N2O2/c1-16(2)24-19-9-4-3-8-17(19)14-21-15-18(20-10-7-13-23-20)22-11-5-6-12-22/h3-4,7-10,13,16,18,21H,5-6,11-12,14-15H2,1-2H3. The van der Waals surface area contributed by atoms with Crippen LogP contribution in [0.2, 0.25) is 0 Å². The second kappa shape index (κ2) is 8.36. The van der Waals surface area contributed by atoms with Crippen molar-refractivity contribution in [1.29, 1.82) is 0 Å². The summed E-state index contributed by atoms with van der Waals surface area (Å²) >= 11 is 0. The van der Waals surface area contributed by atoms with Gasteiger partial charge in [0.15, 0.2) is 0 Å². The summed E-state index contributed by atoms with van der Waals surface area (Å²) in [5, 5.41) is 3.60. The highest BCUT2D eigenvalue weighted by Gasteiger charge is 2.25. The van der Waals surface area contributed by atoms with Crippen molar-refractivity contribution in [3.8, 4) is 5.75 Å². The van der Waals surface area contributed by atoms with Gasteiger partial charge < -0.3 is 14.5 Å². The second-order valence-corrected chi connectivity index (χ2v) is 6.68. The minimum Gasteiger partial charge on any atom is -0.491 e. The summed E-state index contributed by atoms with van der Waals surface area (Å²) in [5.74, 6) is 2.02. The predicted molar refractivity (Wildman–Crippen MR) is 96.2 cm³/mol. The van der Waals surface area contributed by atoms with Gasteiger partial charge in [-0.15, -0.1) is 0 Å². The Morgan fingerprint density at radius 2 is 1.92 bits per heavy atom. The molecule has 2 heterocycles. The van der Waals surface area contributed by atoms with Crippen molar-refractivity contribution in [3.05, 3.63) is 54.0 Å². The quantitative estimate of drug-likeness (QED) is 0.795. The first-order valence-electron chi connectivity index (χ1n) is 8.97. The molecule has 4 heteroatoms. The maximum atomic E-state index is 5.91. The van der Waals surface area contributed by atoms with E-state index in [4.69, 9.17) is 9.15 Å². The smallest absolute Gasteiger partial charge is 0.124 e. The van der Waals surface area contributed by atoms with Crippen LogP contribution in [0.4, 0.5) is 0 Å². The van der Waals surface area contributed by atoms with Crippen molar-refractivity contribution in [2.45, 2.75) is 45.4 Å². The lowest BCUT2D eigenvalue weighted by Gasteiger charge is -2.26. The number of benzene rings is 1. The zero-order valence-corrected chi connectivity index (χ0v) is 14.7. The molecule has 3 rings (SSSR count). The Kier molecular flexibility index (Phi) is 5.94. The summed E-state index contributed by atoms with van der Waals surface area (Å²) in [7, 11) is 0. The third-order valence-corrected chi connectivity index (χ3v) is 4.44. The molecule has 4 nitrogen and oxygen atoms in total. The van der Waals surface area contributed by atoms with Crippen LogP contribution >= 0.6 is 0 Å². The molecule has 1 saturated heterocycles. The van der Waals surface area contributed by atoms with Crippen LogP contribution < -0.4 is 10.1 Å². The average Bonchev–Trinajstić information content (AvgIpc) is 3.26. The number of hydrogen-bond donors (Lipinski definition) is 1. The molecule has 1 fully saturated rings. The number of rotatable bonds is 8. The summed E-state index contributed by atoms with van der Waals surface area (Å²) in [6.07, 6.45) is 4.51. The molecule has 2 aromatic rings. The van der Waals surface area contributed by atoms with Crippen molar-refractivity contribution in [1.82, 2.24) is 10.2 Å². The third-order valence-electron chi connectivity index (χ3n) is 4.44. The monoisotopic (exact) mass is 328 g/mol. The van der Waals surface area contributed by atoms with Crippen LogP contribution in [0.15, 0.2) is 47.1 Å². The first kappa shape index (κ1) is 17.1. The Hall–Kier alpha value is -1.78. The lowest BCUT2D eigenvalue weighted by atomic mass is 10.1. The van der Waals surface area contributed by atoms with Gasteiger partial charge in [-0.05, 0) is 58.0 Å². The van der Waals surface area contributed by atoms with Crippen LogP contribution in [0.25, 0.3) is 0 Å². The van der Waals surface area contributed by atoms with E-state index < -0.39 is 0 Å². The molecule has 0 spiro atoms. The van der Waals surface area contributed by atoms with E-state index in [1.807, 2.05) is 18.2 Å². The van der Waals surface area contributed by atoms with Gasteiger partial charge >= 0.3 is 0 Å². The zero-order valence-electron chi connectivity index (χ0n) is 14.7. The SMILES string of the molecule is CC(C)Oc1ccccc1CNCC(c1ccco1)N1CCCC1. The van der Waals surface area contributed by atoms with E-state index >= 15 is 0 Å². The van der Waals surface area contributed by atoms with Gasteiger partial charge in [0.05, 0.1) is 18.4 Å². The summed E-state index contributed by atoms with van der Waals surface area (Å²) in [4.78, 5) is 2.52. The Labute approximate surface area is 144 Å². The van der Waals surface area contributed by atoms with Crippen molar-refractivity contribution in [3.63, 3.8) is 0 Å². The lowest BCUT2D eigenvalue weighted by Crippen LogP contribution is -2.33. The van der Waals surface area contributed by atoms with E-state index in [0.29, 0.717) is 6.04 Å². The Morgan fingerprint density at radius 3 is 2.62 bits per heavy atom. The number of nitrogens with one attached hydrogen (secondary N) is 1. The molecular formula is C20H28N2O2. The summed E-state index contributed by atoms with van der Waals surface area (Å²) in [6.45, 7) is 8.10. The van der Waals surface area contributed by atoms with Gasteiger partial charge in [-0.1, -0.05) is 18.2 Å². The maximum absolute atomic E-state index is 5.91. The van der Waals surface area contributed by atoms with Gasteiger partial charge in [0.25, 0.3) is 0 Å². The normalized spacial score (nSPS) is 16.6. The minimum atomic E-state index is 0.187. The molecule has 1 unspecified atom stereocenters. The number of para-hydroxylation sites is 1. The zero-order chi connectivity index (χ0) is 16.8. The van der Waals surface area contributed by atoms with E-state index in [1.54, 1.807) is 6.26 Å². The molecule has 0 saturated carbocycles. The van der Waals surface area contributed by atoms with Crippen LogP contribution in [0.1, 0.15) is 44.1 Å². The maximum Gasteiger partial charge on any atom is 0.124 e. The van der Waals surface area contributed by atoms with Crippen LogP contribution in [0.3, 0.4) is 0 Å². The highest BCUT2D eigenvalue weighted by atomic mass is 16.5. The molecule has 0 aliphatic carbocycles. The molecule has 1 N–H and O–H groups in total. The number of likely N-dealkylation sites (tertiary alicyclic amines) is 1. The number of ether oxygens (including phenoxy) is 1. The fourth-order valence-electron chi connectivity index (χ4n) is 3.31. The fourth-order valence-corrected chi connectivity index (χ4v) is 3.31. The van der Waals surface area contributed by atoms with Crippen LogP contribution in [0.5, 0.6) is 5.75 Å². The first-order chi connectivity index (χ1) is 11.7. The number of furan rings is 1. The molecule has 1 aliphatic rings. The highest BCUT2D eigenvalue weighted by Crippen LogP contribution is 2.25. The van der Waals surface area contributed by atoms with Crippen molar-refractivity contribution >= 4 is 0 Å². The van der Waals surface area contributed by atoms with Gasteiger partial charge in [0, 0.05) is 18.7 Å². The highest BCUT2D eigenvalue weighted by molar-refractivity contribution is 5.33. The molecule has 0 radical (unpaired) electrons. The molecule has 130 valence electrons. The Balaban J connectivity index is 1.61. The predicted octanol–water partition coefficient (Wildman–Crippen LogP) is 3.99. The Morgan fingerprint density at radius 1 is 1.12 bits per heavy atom. The largest absolute Gasteiger partial charge is 0.491 e. The average molecular weight is 328 g/mol. The van der Waals surface area contributed by atoms with Gasteiger partial charge in [-0.25, -0.2) is 0 Å². The van der Waals surface area contributed by atoms with Crippen molar-refractivity contribution < 1.29 is 9.15 Å². The molecule has 0 amide bonds. The third kappa shape index (κ3) is 4.40. The van der Waals surface area contributed by atoms with Gasteiger partial charge in [-0.2, -0.15) is 0 Å².